The van der Waals surface area contributed by atoms with Gasteiger partial charge in [-0.05, 0) is 30.5 Å². The molecule has 2 rings (SSSR count). The molecule has 0 unspecified atom stereocenters. The Morgan fingerprint density at radius 1 is 1.16 bits per heavy atom. The summed E-state index contributed by atoms with van der Waals surface area (Å²) in [5, 5.41) is 0. The number of benzene rings is 1. The Labute approximate surface area is 113 Å². The lowest BCUT2D eigenvalue weighted by atomic mass is 9.80. The molecule has 4 heteroatoms. The van der Waals surface area contributed by atoms with Crippen molar-refractivity contribution in [2.24, 2.45) is 4.99 Å². The molecule has 1 aliphatic rings. The van der Waals surface area contributed by atoms with E-state index in [1.54, 1.807) is 20.3 Å². The predicted octanol–water partition coefficient (Wildman–Crippen LogP) is 3.07. The lowest BCUT2D eigenvalue weighted by molar-refractivity contribution is 0.351. The Morgan fingerprint density at radius 3 is 2.58 bits per heavy atom. The van der Waals surface area contributed by atoms with Crippen molar-refractivity contribution in [2.75, 3.05) is 14.2 Å². The third-order valence-corrected chi connectivity index (χ3v) is 3.78. The van der Waals surface area contributed by atoms with Crippen LogP contribution in [0.25, 0.3) is 0 Å². The monoisotopic (exact) mass is 261 g/mol. The standard InChI is InChI=1S/C15H19NO3/c1-18-14-8-7-11(9-15(14)19-2)12-5-3-4-6-13(12)16-10-17/h7-9,12-13H,3-6H2,1-2H3/t12-,13+/m0/s1. The fourth-order valence-electron chi connectivity index (χ4n) is 2.81. The highest BCUT2D eigenvalue weighted by atomic mass is 16.5. The van der Waals surface area contributed by atoms with Crippen molar-refractivity contribution in [3.63, 3.8) is 0 Å². The third-order valence-electron chi connectivity index (χ3n) is 3.78. The van der Waals surface area contributed by atoms with Crippen LogP contribution >= 0.6 is 0 Å². The largest absolute Gasteiger partial charge is 0.493 e. The van der Waals surface area contributed by atoms with E-state index >= 15 is 0 Å². The SMILES string of the molecule is COc1ccc([C@@H]2CCCC[C@H]2N=C=O)cc1OC. The average molecular weight is 261 g/mol. The van der Waals surface area contributed by atoms with Crippen molar-refractivity contribution in [3.05, 3.63) is 23.8 Å². The van der Waals surface area contributed by atoms with Gasteiger partial charge in [-0.2, -0.15) is 0 Å². The first-order chi connectivity index (χ1) is 9.30. The summed E-state index contributed by atoms with van der Waals surface area (Å²) in [4.78, 5) is 14.5. The maximum absolute atomic E-state index is 10.5. The van der Waals surface area contributed by atoms with E-state index in [1.165, 1.54) is 6.42 Å². The van der Waals surface area contributed by atoms with Gasteiger partial charge in [-0.25, -0.2) is 9.79 Å². The van der Waals surface area contributed by atoms with E-state index in [0.29, 0.717) is 0 Å². The quantitative estimate of drug-likeness (QED) is 0.618. The second-order valence-electron chi connectivity index (χ2n) is 4.79. The number of aliphatic imine (C=N–C) groups is 1. The molecule has 0 spiro atoms. The van der Waals surface area contributed by atoms with Gasteiger partial charge in [0, 0.05) is 5.92 Å². The highest BCUT2D eigenvalue weighted by Gasteiger charge is 2.27. The first kappa shape index (κ1) is 13.6. The summed E-state index contributed by atoms with van der Waals surface area (Å²) in [5.41, 5.74) is 1.15. The molecule has 4 nitrogen and oxygen atoms in total. The summed E-state index contributed by atoms with van der Waals surface area (Å²) in [6.45, 7) is 0. The second kappa shape index (κ2) is 6.39. The van der Waals surface area contributed by atoms with Crippen LogP contribution in [0.4, 0.5) is 0 Å². The number of hydrogen-bond donors (Lipinski definition) is 0. The van der Waals surface area contributed by atoms with Gasteiger partial charge in [-0.3, -0.25) is 0 Å². The molecule has 1 fully saturated rings. The molecule has 1 saturated carbocycles. The number of nitrogens with zero attached hydrogens (tertiary/aromatic N) is 1. The number of carbonyl (C=O) groups excluding carboxylic acids is 1. The van der Waals surface area contributed by atoms with Crippen LogP contribution in [0.3, 0.4) is 0 Å². The maximum Gasteiger partial charge on any atom is 0.235 e. The van der Waals surface area contributed by atoms with Crippen LogP contribution in [0.2, 0.25) is 0 Å². The lowest BCUT2D eigenvalue weighted by Gasteiger charge is -2.28. The molecule has 0 aliphatic heterocycles. The van der Waals surface area contributed by atoms with Gasteiger partial charge in [-0.15, -0.1) is 0 Å². The van der Waals surface area contributed by atoms with Crippen molar-refractivity contribution < 1.29 is 14.3 Å². The number of methoxy groups -OCH3 is 2. The average Bonchev–Trinajstić information content (AvgIpc) is 2.47. The van der Waals surface area contributed by atoms with Crippen LogP contribution in [0.5, 0.6) is 11.5 Å². The zero-order valence-electron chi connectivity index (χ0n) is 11.4. The second-order valence-corrected chi connectivity index (χ2v) is 4.79. The number of hydrogen-bond acceptors (Lipinski definition) is 4. The van der Waals surface area contributed by atoms with Gasteiger partial charge in [0.25, 0.3) is 0 Å². The summed E-state index contributed by atoms with van der Waals surface area (Å²) < 4.78 is 10.6. The molecule has 0 heterocycles. The molecule has 1 aromatic rings. The van der Waals surface area contributed by atoms with E-state index in [1.807, 2.05) is 18.2 Å². The van der Waals surface area contributed by atoms with E-state index in [2.05, 4.69) is 4.99 Å². The zero-order valence-corrected chi connectivity index (χ0v) is 11.4. The molecule has 19 heavy (non-hydrogen) atoms. The first-order valence-corrected chi connectivity index (χ1v) is 6.59. The van der Waals surface area contributed by atoms with Crippen molar-refractivity contribution >= 4 is 6.08 Å². The van der Waals surface area contributed by atoms with E-state index in [0.717, 1.165) is 36.3 Å². The fraction of sp³-hybridized carbons (Fsp3) is 0.533. The van der Waals surface area contributed by atoms with Gasteiger partial charge in [-0.1, -0.05) is 18.9 Å². The van der Waals surface area contributed by atoms with E-state index in [-0.39, 0.29) is 12.0 Å². The Kier molecular flexibility index (Phi) is 4.58. The summed E-state index contributed by atoms with van der Waals surface area (Å²) in [5.74, 6) is 1.71. The fourth-order valence-corrected chi connectivity index (χ4v) is 2.81. The predicted molar refractivity (Wildman–Crippen MR) is 72.7 cm³/mol. The van der Waals surface area contributed by atoms with E-state index in [4.69, 9.17) is 9.47 Å². The van der Waals surface area contributed by atoms with Crippen LogP contribution in [0, 0.1) is 0 Å². The maximum atomic E-state index is 10.5. The zero-order chi connectivity index (χ0) is 13.7. The van der Waals surface area contributed by atoms with Crippen LogP contribution in [-0.2, 0) is 4.79 Å². The third kappa shape index (κ3) is 2.96. The highest BCUT2D eigenvalue weighted by molar-refractivity contribution is 5.44. The first-order valence-electron chi connectivity index (χ1n) is 6.59. The Morgan fingerprint density at radius 2 is 1.89 bits per heavy atom. The number of isocyanates is 1. The molecular weight excluding hydrogens is 242 g/mol. The topological polar surface area (TPSA) is 47.9 Å². The van der Waals surface area contributed by atoms with Crippen LogP contribution in [-0.4, -0.2) is 26.3 Å². The molecule has 0 aromatic heterocycles. The lowest BCUT2D eigenvalue weighted by Crippen LogP contribution is -2.21. The van der Waals surface area contributed by atoms with Crippen LogP contribution < -0.4 is 9.47 Å². The van der Waals surface area contributed by atoms with Crippen molar-refractivity contribution in [1.29, 1.82) is 0 Å². The molecule has 102 valence electrons. The summed E-state index contributed by atoms with van der Waals surface area (Å²) >= 11 is 0. The van der Waals surface area contributed by atoms with Crippen molar-refractivity contribution in [3.8, 4) is 11.5 Å². The Bertz CT molecular complexity index is 480. The summed E-state index contributed by atoms with van der Waals surface area (Å²) in [6, 6.07) is 5.97. The minimum absolute atomic E-state index is 0.0457. The number of ether oxygens (including phenoxy) is 2. The highest BCUT2D eigenvalue weighted by Crippen LogP contribution is 2.38. The van der Waals surface area contributed by atoms with E-state index < -0.39 is 0 Å². The summed E-state index contributed by atoms with van der Waals surface area (Å²) in [7, 11) is 3.25. The minimum atomic E-state index is 0.0457. The number of rotatable bonds is 4. The molecule has 1 aromatic carbocycles. The van der Waals surface area contributed by atoms with Gasteiger partial charge < -0.3 is 9.47 Å². The van der Waals surface area contributed by atoms with Crippen molar-refractivity contribution in [1.82, 2.24) is 0 Å². The van der Waals surface area contributed by atoms with E-state index in [9.17, 15) is 4.79 Å². The van der Waals surface area contributed by atoms with Crippen molar-refractivity contribution in [2.45, 2.75) is 37.6 Å². The van der Waals surface area contributed by atoms with Crippen LogP contribution in [0.1, 0.15) is 37.2 Å². The van der Waals surface area contributed by atoms with Crippen LogP contribution in [0.15, 0.2) is 23.2 Å². The molecule has 1 aliphatic carbocycles. The van der Waals surface area contributed by atoms with Gasteiger partial charge >= 0.3 is 0 Å². The molecule has 2 atom stereocenters. The molecule has 0 bridgehead atoms. The van der Waals surface area contributed by atoms with Gasteiger partial charge in [0.1, 0.15) is 0 Å². The molecule has 0 N–H and O–H groups in total. The molecule has 0 radical (unpaired) electrons. The van der Waals surface area contributed by atoms with Gasteiger partial charge in [0.15, 0.2) is 11.5 Å². The minimum Gasteiger partial charge on any atom is -0.493 e. The molecule has 0 saturated heterocycles. The Hall–Kier alpha value is -1.80. The molecular formula is C15H19NO3. The van der Waals surface area contributed by atoms with Gasteiger partial charge in [0.05, 0.1) is 20.3 Å². The Balaban J connectivity index is 2.31. The smallest absolute Gasteiger partial charge is 0.235 e. The normalized spacial score (nSPS) is 22.4. The molecule has 0 amide bonds. The van der Waals surface area contributed by atoms with Gasteiger partial charge in [0.2, 0.25) is 6.08 Å². The summed E-state index contributed by atoms with van der Waals surface area (Å²) in [6.07, 6.45) is 6.00.